The van der Waals surface area contributed by atoms with Crippen LogP contribution in [-0.2, 0) is 19.1 Å². The van der Waals surface area contributed by atoms with Gasteiger partial charge in [0, 0.05) is 0 Å². The van der Waals surface area contributed by atoms with Gasteiger partial charge in [0.05, 0.1) is 24.3 Å². The number of Topliss-reactive ketones (excluding diaryl/α,β-unsaturated/α-hetero) is 1. The van der Waals surface area contributed by atoms with Gasteiger partial charge >= 0.3 is 12.1 Å². The summed E-state index contributed by atoms with van der Waals surface area (Å²) >= 11 is 0. The van der Waals surface area contributed by atoms with E-state index >= 15 is 0 Å². The molecule has 0 spiro atoms. The maximum absolute atomic E-state index is 12.2. The minimum atomic E-state index is -1.23. The smallest absolute Gasteiger partial charge is 0.407 e. The van der Waals surface area contributed by atoms with E-state index in [1.54, 1.807) is 19.1 Å². The minimum Gasteiger partial charge on any atom is -0.465 e. The molecule has 0 radical (unpaired) electrons. The van der Waals surface area contributed by atoms with Crippen LogP contribution in [0.3, 0.4) is 0 Å². The third kappa shape index (κ3) is 5.77. The maximum atomic E-state index is 12.2. The number of ether oxygens (including phenoxy) is 2. The largest absolute Gasteiger partial charge is 0.465 e. The number of carbonyl (C=O) groups is 3. The van der Waals surface area contributed by atoms with E-state index in [1.165, 1.54) is 25.1 Å². The predicted octanol–water partition coefficient (Wildman–Crippen LogP) is 2.28. The summed E-state index contributed by atoms with van der Waals surface area (Å²) in [7, 11) is 0. The molecular weight excluding hydrogens is 324 g/mol. The highest BCUT2D eigenvalue weighted by Crippen LogP contribution is 2.25. The van der Waals surface area contributed by atoms with Gasteiger partial charge < -0.3 is 14.8 Å². The summed E-state index contributed by atoms with van der Waals surface area (Å²) in [5, 5.41) is 11.4. The summed E-state index contributed by atoms with van der Waals surface area (Å²) in [5.74, 6) is -2.44. The van der Waals surface area contributed by atoms with Gasteiger partial charge in [-0.05, 0) is 31.5 Å². The molecule has 0 aromatic heterocycles. The normalized spacial score (nSPS) is 12.2. The Morgan fingerprint density at radius 3 is 2.40 bits per heavy atom. The Balaban J connectivity index is 3.20. The predicted molar refractivity (Wildman–Crippen MR) is 89.4 cm³/mol. The van der Waals surface area contributed by atoms with E-state index in [0.29, 0.717) is 11.1 Å². The summed E-state index contributed by atoms with van der Waals surface area (Å²) < 4.78 is 9.83. The lowest BCUT2D eigenvalue weighted by Gasteiger charge is -2.25. The van der Waals surface area contributed by atoms with Crippen LogP contribution in [0.2, 0.25) is 0 Å². The SMILES string of the molecule is C=CCOC(=O)NC(c1ccc(C#N)cc1)C(C(C)=O)C(=O)OCC. The fourth-order valence-corrected chi connectivity index (χ4v) is 2.20. The molecule has 0 saturated carbocycles. The number of ketones is 1. The van der Waals surface area contributed by atoms with Crippen LogP contribution in [-0.4, -0.2) is 31.1 Å². The first-order valence-electron chi connectivity index (χ1n) is 7.65. The fourth-order valence-electron chi connectivity index (χ4n) is 2.20. The highest BCUT2D eigenvalue weighted by Gasteiger charge is 2.36. The summed E-state index contributed by atoms with van der Waals surface area (Å²) in [6.07, 6.45) is 0.592. The molecule has 1 rings (SSSR count). The third-order valence-electron chi connectivity index (χ3n) is 3.32. The van der Waals surface area contributed by atoms with Crippen LogP contribution in [0.1, 0.15) is 31.0 Å². The Kier molecular flexibility index (Phi) is 7.87. The topological polar surface area (TPSA) is 105 Å². The summed E-state index contributed by atoms with van der Waals surface area (Å²) in [6.45, 7) is 6.39. The molecule has 2 unspecified atom stereocenters. The molecule has 0 aliphatic heterocycles. The molecule has 132 valence electrons. The van der Waals surface area contributed by atoms with E-state index in [9.17, 15) is 14.4 Å². The molecule has 0 aliphatic rings. The minimum absolute atomic E-state index is 0.0178. The van der Waals surface area contributed by atoms with Crippen LogP contribution in [0.25, 0.3) is 0 Å². The van der Waals surface area contributed by atoms with Crippen molar-refractivity contribution in [2.24, 2.45) is 5.92 Å². The quantitative estimate of drug-likeness (QED) is 0.440. The molecule has 0 bridgehead atoms. The number of nitriles is 1. The van der Waals surface area contributed by atoms with E-state index < -0.39 is 29.8 Å². The lowest BCUT2D eigenvalue weighted by atomic mass is 9.89. The number of nitrogens with one attached hydrogen (secondary N) is 1. The molecule has 0 aliphatic carbocycles. The van der Waals surface area contributed by atoms with Crippen molar-refractivity contribution in [3.8, 4) is 6.07 Å². The Labute approximate surface area is 146 Å². The highest BCUT2D eigenvalue weighted by atomic mass is 16.5. The standard InChI is InChI=1S/C18H20N2O5/c1-4-10-25-18(23)20-16(14-8-6-13(11-19)7-9-14)15(12(3)21)17(22)24-5-2/h4,6-9,15-16H,1,5,10H2,2-3H3,(H,20,23). The van der Waals surface area contributed by atoms with Crippen LogP contribution in [0.15, 0.2) is 36.9 Å². The first kappa shape index (κ1) is 19.9. The number of esters is 1. The second-order valence-electron chi connectivity index (χ2n) is 5.08. The van der Waals surface area contributed by atoms with Crippen molar-refractivity contribution >= 4 is 17.8 Å². The summed E-state index contributed by atoms with van der Waals surface area (Å²) in [6, 6.07) is 7.17. The van der Waals surface area contributed by atoms with Gasteiger partial charge in [0.1, 0.15) is 18.3 Å². The number of hydrogen-bond donors (Lipinski definition) is 1. The fraction of sp³-hybridized carbons (Fsp3) is 0.333. The van der Waals surface area contributed by atoms with Gasteiger partial charge in [0.25, 0.3) is 0 Å². The first-order chi connectivity index (χ1) is 11.9. The van der Waals surface area contributed by atoms with Crippen molar-refractivity contribution in [1.29, 1.82) is 5.26 Å². The highest BCUT2D eigenvalue weighted by molar-refractivity contribution is 5.99. The van der Waals surface area contributed by atoms with Crippen molar-refractivity contribution < 1.29 is 23.9 Å². The molecule has 2 atom stereocenters. The second kappa shape index (κ2) is 9.88. The van der Waals surface area contributed by atoms with Gasteiger partial charge in [0.2, 0.25) is 0 Å². The average molecular weight is 344 g/mol. The Morgan fingerprint density at radius 1 is 1.28 bits per heavy atom. The van der Waals surface area contributed by atoms with Crippen LogP contribution in [0.5, 0.6) is 0 Å². The number of rotatable bonds is 8. The number of alkyl carbamates (subject to hydrolysis) is 1. The van der Waals surface area contributed by atoms with Gasteiger partial charge in [-0.2, -0.15) is 5.26 Å². The molecule has 0 fully saturated rings. The zero-order valence-electron chi connectivity index (χ0n) is 14.2. The molecule has 7 heteroatoms. The third-order valence-corrected chi connectivity index (χ3v) is 3.32. The van der Waals surface area contributed by atoms with Gasteiger partial charge in [-0.25, -0.2) is 4.79 Å². The first-order valence-corrected chi connectivity index (χ1v) is 7.65. The molecule has 1 amide bonds. The van der Waals surface area contributed by atoms with Gasteiger partial charge in [-0.1, -0.05) is 24.8 Å². The van der Waals surface area contributed by atoms with Gasteiger partial charge in [-0.15, -0.1) is 0 Å². The van der Waals surface area contributed by atoms with Crippen molar-refractivity contribution in [2.45, 2.75) is 19.9 Å². The van der Waals surface area contributed by atoms with Crippen LogP contribution in [0, 0.1) is 17.2 Å². The lowest BCUT2D eigenvalue weighted by molar-refractivity contribution is -0.152. The zero-order chi connectivity index (χ0) is 18.8. The maximum Gasteiger partial charge on any atom is 0.407 e. The summed E-state index contributed by atoms with van der Waals surface area (Å²) in [5.41, 5.74) is 0.884. The molecule has 25 heavy (non-hydrogen) atoms. The van der Waals surface area contributed by atoms with Crippen molar-refractivity contribution in [1.82, 2.24) is 5.32 Å². The van der Waals surface area contributed by atoms with Gasteiger partial charge in [0.15, 0.2) is 0 Å². The molecule has 7 nitrogen and oxygen atoms in total. The second-order valence-corrected chi connectivity index (χ2v) is 5.08. The Bertz CT molecular complexity index is 676. The molecule has 0 heterocycles. The van der Waals surface area contributed by atoms with Crippen LogP contribution < -0.4 is 5.32 Å². The average Bonchev–Trinajstić information content (AvgIpc) is 2.59. The van der Waals surface area contributed by atoms with Crippen molar-refractivity contribution in [3.63, 3.8) is 0 Å². The molecular formula is C18H20N2O5. The molecule has 1 aromatic carbocycles. The van der Waals surface area contributed by atoms with E-state index in [-0.39, 0.29) is 13.2 Å². The van der Waals surface area contributed by atoms with E-state index in [0.717, 1.165) is 0 Å². The van der Waals surface area contributed by atoms with E-state index in [2.05, 4.69) is 11.9 Å². The molecule has 1 N–H and O–H groups in total. The van der Waals surface area contributed by atoms with Crippen molar-refractivity contribution in [3.05, 3.63) is 48.0 Å². The number of hydrogen-bond acceptors (Lipinski definition) is 6. The Morgan fingerprint density at radius 2 is 1.92 bits per heavy atom. The number of nitrogens with zero attached hydrogens (tertiary/aromatic N) is 1. The van der Waals surface area contributed by atoms with Crippen LogP contribution in [0.4, 0.5) is 4.79 Å². The van der Waals surface area contributed by atoms with Crippen LogP contribution >= 0.6 is 0 Å². The molecule has 0 saturated heterocycles. The van der Waals surface area contributed by atoms with E-state index in [1.807, 2.05) is 6.07 Å². The van der Waals surface area contributed by atoms with Gasteiger partial charge in [-0.3, -0.25) is 9.59 Å². The molecule has 1 aromatic rings. The monoisotopic (exact) mass is 344 g/mol. The van der Waals surface area contributed by atoms with E-state index in [4.69, 9.17) is 14.7 Å². The lowest BCUT2D eigenvalue weighted by Crippen LogP contribution is -2.41. The number of carbonyl (C=O) groups excluding carboxylic acids is 3. The number of benzene rings is 1. The zero-order valence-corrected chi connectivity index (χ0v) is 14.2. The summed E-state index contributed by atoms with van der Waals surface area (Å²) in [4.78, 5) is 36.2. The number of amides is 1. The van der Waals surface area contributed by atoms with Crippen molar-refractivity contribution in [2.75, 3.05) is 13.2 Å². The Hall–Kier alpha value is -3.14.